The molecular formula is C21H24N2O4S. The number of nitrogens with zero attached hydrogens (tertiary/aromatic N) is 1. The number of hydrogen-bond acceptors (Lipinski definition) is 5. The number of rotatable bonds is 7. The number of para-hydroxylation sites is 1. The molecule has 0 saturated heterocycles. The maximum atomic E-state index is 13.1. The summed E-state index contributed by atoms with van der Waals surface area (Å²) in [6, 6.07) is 8.84. The van der Waals surface area contributed by atoms with E-state index in [1.165, 1.54) is 0 Å². The Morgan fingerprint density at radius 3 is 2.64 bits per heavy atom. The Bertz CT molecular complexity index is 957. The van der Waals surface area contributed by atoms with Crippen molar-refractivity contribution in [3.05, 3.63) is 76.9 Å². The van der Waals surface area contributed by atoms with E-state index in [9.17, 15) is 13.2 Å². The van der Waals surface area contributed by atoms with E-state index >= 15 is 0 Å². The quantitative estimate of drug-likeness (QED) is 0.713. The number of nitrogens with one attached hydrogen (secondary N) is 1. The fourth-order valence-electron chi connectivity index (χ4n) is 3.11. The summed E-state index contributed by atoms with van der Waals surface area (Å²) < 4.78 is 32.8. The van der Waals surface area contributed by atoms with Crippen molar-refractivity contribution in [3.63, 3.8) is 0 Å². The van der Waals surface area contributed by atoms with E-state index in [2.05, 4.69) is 5.32 Å². The lowest BCUT2D eigenvalue weighted by molar-refractivity contribution is -0.123. The van der Waals surface area contributed by atoms with Gasteiger partial charge in [0.25, 0.3) is 15.9 Å². The molecule has 1 N–H and O–H groups in total. The minimum absolute atomic E-state index is 0.0332. The Morgan fingerprint density at radius 1 is 1.18 bits per heavy atom. The van der Waals surface area contributed by atoms with Crippen LogP contribution in [0.15, 0.2) is 76.9 Å². The SMILES string of the molecule is CC(C)N1C(=O)C(NCCOc2ccccc2)=C(C2=CCC=CC=C2)S1(=O)=O. The molecule has 1 aliphatic heterocycles. The number of ether oxygens (including phenoxy) is 1. The molecule has 1 amide bonds. The van der Waals surface area contributed by atoms with Crippen LogP contribution in [0.5, 0.6) is 5.75 Å². The van der Waals surface area contributed by atoms with Crippen LogP contribution in [0.2, 0.25) is 0 Å². The number of carbonyl (C=O) groups excluding carboxylic acids is 1. The van der Waals surface area contributed by atoms with Crippen molar-refractivity contribution in [2.24, 2.45) is 0 Å². The summed E-state index contributed by atoms with van der Waals surface area (Å²) in [4.78, 5) is 12.9. The summed E-state index contributed by atoms with van der Waals surface area (Å²) in [5.41, 5.74) is 0.621. The summed E-state index contributed by atoms with van der Waals surface area (Å²) in [6.07, 6.45) is 9.69. The zero-order valence-electron chi connectivity index (χ0n) is 16.0. The lowest BCUT2D eigenvalue weighted by atomic mass is 10.1. The van der Waals surface area contributed by atoms with Crippen molar-refractivity contribution in [1.29, 1.82) is 0 Å². The zero-order chi connectivity index (χ0) is 20.1. The van der Waals surface area contributed by atoms with Gasteiger partial charge in [-0.1, -0.05) is 48.6 Å². The largest absolute Gasteiger partial charge is 0.492 e. The predicted octanol–water partition coefficient (Wildman–Crippen LogP) is 2.89. The number of amides is 1. The minimum Gasteiger partial charge on any atom is -0.492 e. The van der Waals surface area contributed by atoms with Gasteiger partial charge in [0.1, 0.15) is 23.0 Å². The Hall–Kier alpha value is -2.80. The van der Waals surface area contributed by atoms with Gasteiger partial charge in [0, 0.05) is 12.6 Å². The van der Waals surface area contributed by atoms with Crippen molar-refractivity contribution >= 4 is 15.9 Å². The topological polar surface area (TPSA) is 75.7 Å². The summed E-state index contributed by atoms with van der Waals surface area (Å²) in [5, 5.41) is 3.00. The Kier molecular flexibility index (Phi) is 6.04. The molecule has 3 rings (SSSR count). The van der Waals surface area contributed by atoms with Gasteiger partial charge in [-0.15, -0.1) is 0 Å². The fraction of sp³-hybridized carbons (Fsp3) is 0.286. The van der Waals surface area contributed by atoms with Crippen molar-refractivity contribution in [1.82, 2.24) is 9.62 Å². The maximum absolute atomic E-state index is 13.1. The number of hydrogen-bond donors (Lipinski definition) is 1. The van der Waals surface area contributed by atoms with Gasteiger partial charge in [0.05, 0.1) is 0 Å². The normalized spacial score (nSPS) is 18.5. The second kappa shape index (κ2) is 8.48. The lowest BCUT2D eigenvalue weighted by Gasteiger charge is -2.20. The van der Waals surface area contributed by atoms with Gasteiger partial charge >= 0.3 is 0 Å². The number of benzene rings is 1. The molecule has 1 aliphatic carbocycles. The Balaban J connectivity index is 1.85. The zero-order valence-corrected chi connectivity index (χ0v) is 16.8. The third-order valence-corrected chi connectivity index (χ3v) is 6.36. The van der Waals surface area contributed by atoms with Crippen molar-refractivity contribution in [3.8, 4) is 5.75 Å². The van der Waals surface area contributed by atoms with E-state index in [-0.39, 0.29) is 10.6 Å². The molecule has 2 aliphatic rings. The first-order chi connectivity index (χ1) is 13.4. The van der Waals surface area contributed by atoms with Crippen LogP contribution in [0.3, 0.4) is 0 Å². The molecule has 6 nitrogen and oxygen atoms in total. The fourth-order valence-corrected chi connectivity index (χ4v) is 5.04. The van der Waals surface area contributed by atoms with Crippen LogP contribution in [0, 0.1) is 0 Å². The van der Waals surface area contributed by atoms with Gasteiger partial charge in [-0.05, 0) is 38.0 Å². The molecule has 0 radical (unpaired) electrons. The van der Waals surface area contributed by atoms with Crippen LogP contribution in [0.1, 0.15) is 20.3 Å². The number of sulfonamides is 1. The summed E-state index contributed by atoms with van der Waals surface area (Å²) in [5.74, 6) is 0.185. The van der Waals surface area contributed by atoms with Crippen LogP contribution in [-0.2, 0) is 14.8 Å². The molecule has 1 aromatic carbocycles. The smallest absolute Gasteiger partial charge is 0.285 e. The van der Waals surface area contributed by atoms with Gasteiger partial charge in [-0.3, -0.25) is 4.79 Å². The highest BCUT2D eigenvalue weighted by molar-refractivity contribution is 7.94. The molecule has 28 heavy (non-hydrogen) atoms. The lowest BCUT2D eigenvalue weighted by Crippen LogP contribution is -2.39. The molecule has 1 heterocycles. The van der Waals surface area contributed by atoms with Crippen LogP contribution >= 0.6 is 0 Å². The van der Waals surface area contributed by atoms with Gasteiger partial charge < -0.3 is 10.1 Å². The predicted molar refractivity (Wildman–Crippen MR) is 109 cm³/mol. The average Bonchev–Trinajstić information content (AvgIpc) is 2.83. The molecule has 0 bridgehead atoms. The van der Waals surface area contributed by atoms with Crippen LogP contribution in [0.25, 0.3) is 0 Å². The second-order valence-corrected chi connectivity index (χ2v) is 8.43. The highest BCUT2D eigenvalue weighted by Gasteiger charge is 2.45. The van der Waals surface area contributed by atoms with Gasteiger partial charge in [0.15, 0.2) is 0 Å². The third kappa shape index (κ3) is 4.04. The van der Waals surface area contributed by atoms with Crippen molar-refractivity contribution in [2.75, 3.05) is 13.2 Å². The van der Waals surface area contributed by atoms with Crippen LogP contribution in [0.4, 0.5) is 0 Å². The monoisotopic (exact) mass is 400 g/mol. The molecular weight excluding hydrogens is 376 g/mol. The molecule has 0 fully saturated rings. The minimum atomic E-state index is -3.92. The Labute approximate surface area is 165 Å². The van der Waals surface area contributed by atoms with E-state index in [0.29, 0.717) is 30.9 Å². The number of allylic oxidation sites excluding steroid dienone is 6. The standard InChI is InChI=1S/C21H24N2O4S/c1-16(2)23-21(24)19(22-14-15-27-18-12-8-5-9-13-18)20(28(23,25)26)17-10-6-3-4-7-11-17/h3-6,8-13,16,22H,7,14-15H2,1-2H3. The number of carbonyl (C=O) groups is 1. The van der Waals surface area contributed by atoms with Crippen LogP contribution < -0.4 is 10.1 Å². The summed E-state index contributed by atoms with van der Waals surface area (Å²) in [6.45, 7) is 3.98. The highest BCUT2D eigenvalue weighted by Crippen LogP contribution is 2.34. The first kappa shape index (κ1) is 19.9. The maximum Gasteiger partial charge on any atom is 0.285 e. The van der Waals surface area contributed by atoms with Gasteiger partial charge in [-0.2, -0.15) is 0 Å². The van der Waals surface area contributed by atoms with E-state index in [1.54, 1.807) is 26.0 Å². The summed E-state index contributed by atoms with van der Waals surface area (Å²) >= 11 is 0. The first-order valence-electron chi connectivity index (χ1n) is 9.21. The second-order valence-electron chi connectivity index (χ2n) is 6.67. The third-order valence-electron chi connectivity index (χ3n) is 4.30. The molecule has 148 valence electrons. The summed E-state index contributed by atoms with van der Waals surface area (Å²) in [7, 11) is -3.92. The average molecular weight is 401 g/mol. The van der Waals surface area contributed by atoms with Crippen LogP contribution in [-0.4, -0.2) is 37.8 Å². The van der Waals surface area contributed by atoms with Gasteiger partial charge in [-0.25, -0.2) is 12.7 Å². The van der Waals surface area contributed by atoms with E-state index in [0.717, 1.165) is 4.31 Å². The molecule has 0 spiro atoms. The molecule has 0 saturated carbocycles. The molecule has 7 heteroatoms. The molecule has 0 aromatic heterocycles. The molecule has 0 unspecified atom stereocenters. The van der Waals surface area contributed by atoms with Gasteiger partial charge in [0.2, 0.25) is 0 Å². The van der Waals surface area contributed by atoms with E-state index in [1.807, 2.05) is 48.6 Å². The first-order valence-corrected chi connectivity index (χ1v) is 10.7. The molecule has 1 aromatic rings. The van der Waals surface area contributed by atoms with Crippen molar-refractivity contribution in [2.45, 2.75) is 26.3 Å². The van der Waals surface area contributed by atoms with E-state index in [4.69, 9.17) is 4.74 Å². The van der Waals surface area contributed by atoms with E-state index < -0.39 is 22.0 Å². The Morgan fingerprint density at radius 2 is 1.93 bits per heavy atom. The van der Waals surface area contributed by atoms with Crippen molar-refractivity contribution < 1.29 is 17.9 Å². The molecule has 0 atom stereocenters. The highest BCUT2D eigenvalue weighted by atomic mass is 32.2.